The van der Waals surface area contributed by atoms with E-state index < -0.39 is 0 Å². The van der Waals surface area contributed by atoms with Crippen molar-refractivity contribution in [3.8, 4) is 11.8 Å². The van der Waals surface area contributed by atoms with Crippen molar-refractivity contribution in [2.24, 2.45) is 4.99 Å². The van der Waals surface area contributed by atoms with Gasteiger partial charge in [0.05, 0.1) is 17.6 Å². The fourth-order valence-corrected chi connectivity index (χ4v) is 4.06. The Labute approximate surface area is 170 Å². The Morgan fingerprint density at radius 3 is 2.82 bits per heavy atom. The largest absolute Gasteiger partial charge is 0.493 e. The van der Waals surface area contributed by atoms with Gasteiger partial charge < -0.3 is 9.64 Å². The number of piperazine rings is 1. The number of hydrogen-bond donors (Lipinski definition) is 0. The van der Waals surface area contributed by atoms with Crippen LogP contribution in [0.4, 0.5) is 0 Å². The standard InChI is InChI=1S/C21H26N4O2S/c1-2-3-15-27-18-8-5-4-7-17(18)16-19-20(26)23-21(28-19)25-13-11-24(12-14-25)10-6-9-22/h4-5,7-8,16H,2-3,6,10-15H2,1H3/b19-16-. The molecule has 0 aromatic heterocycles. The predicted octanol–water partition coefficient (Wildman–Crippen LogP) is 3.37. The molecule has 1 aromatic carbocycles. The van der Waals surface area contributed by atoms with Crippen LogP contribution in [0.5, 0.6) is 5.75 Å². The first-order chi connectivity index (χ1) is 13.7. The van der Waals surface area contributed by atoms with Crippen molar-refractivity contribution < 1.29 is 9.53 Å². The number of thioether (sulfide) groups is 1. The molecule has 1 fully saturated rings. The second kappa shape index (κ2) is 10.3. The summed E-state index contributed by atoms with van der Waals surface area (Å²) in [5.74, 6) is 0.617. The molecule has 0 N–H and O–H groups in total. The second-order valence-electron chi connectivity index (χ2n) is 6.79. The third-order valence-corrected chi connectivity index (χ3v) is 5.80. The zero-order chi connectivity index (χ0) is 19.8. The minimum absolute atomic E-state index is 0.185. The fourth-order valence-electron chi connectivity index (χ4n) is 3.10. The van der Waals surface area contributed by atoms with E-state index in [4.69, 9.17) is 10.00 Å². The number of nitriles is 1. The molecule has 2 aliphatic heterocycles. The lowest BCUT2D eigenvalue weighted by Crippen LogP contribution is -2.47. The number of unbranched alkanes of at least 4 members (excludes halogenated alkanes) is 1. The number of carbonyl (C=O) groups is 1. The third kappa shape index (κ3) is 5.37. The van der Waals surface area contributed by atoms with E-state index in [-0.39, 0.29) is 5.91 Å². The third-order valence-electron chi connectivity index (χ3n) is 4.75. The molecule has 6 nitrogen and oxygen atoms in total. The van der Waals surface area contributed by atoms with Crippen molar-refractivity contribution in [1.82, 2.24) is 9.80 Å². The first kappa shape index (κ1) is 20.4. The van der Waals surface area contributed by atoms with Gasteiger partial charge in [-0.25, -0.2) is 0 Å². The molecule has 2 heterocycles. The summed E-state index contributed by atoms with van der Waals surface area (Å²) >= 11 is 1.44. The first-order valence-electron chi connectivity index (χ1n) is 9.80. The highest BCUT2D eigenvalue weighted by Gasteiger charge is 2.28. The maximum Gasteiger partial charge on any atom is 0.286 e. The number of hydrogen-bond acceptors (Lipinski definition) is 6. The van der Waals surface area contributed by atoms with Gasteiger partial charge in [0.1, 0.15) is 5.75 Å². The molecule has 0 atom stereocenters. The summed E-state index contributed by atoms with van der Waals surface area (Å²) in [5, 5.41) is 9.50. The van der Waals surface area contributed by atoms with Crippen molar-refractivity contribution in [2.75, 3.05) is 39.3 Å². The molecule has 0 saturated carbocycles. The molecule has 7 heteroatoms. The SMILES string of the molecule is CCCCOc1ccccc1/C=C1\SC(N2CCN(CCC#N)CC2)=NC1=O. The number of nitrogens with zero attached hydrogens (tertiary/aromatic N) is 4. The van der Waals surface area contributed by atoms with E-state index in [0.717, 1.165) is 62.0 Å². The molecule has 3 rings (SSSR count). The van der Waals surface area contributed by atoms with Gasteiger partial charge in [-0.05, 0) is 30.3 Å². The van der Waals surface area contributed by atoms with Gasteiger partial charge in [-0.2, -0.15) is 10.3 Å². The molecule has 1 amide bonds. The molecule has 1 saturated heterocycles. The van der Waals surface area contributed by atoms with Gasteiger partial charge in [-0.3, -0.25) is 9.69 Å². The van der Waals surface area contributed by atoms with Gasteiger partial charge >= 0.3 is 0 Å². The lowest BCUT2D eigenvalue weighted by atomic mass is 10.2. The van der Waals surface area contributed by atoms with E-state index in [1.165, 1.54) is 11.8 Å². The predicted molar refractivity (Wildman–Crippen MR) is 113 cm³/mol. The van der Waals surface area contributed by atoms with Crippen LogP contribution in [0.15, 0.2) is 34.2 Å². The van der Waals surface area contributed by atoms with Gasteiger partial charge in [-0.1, -0.05) is 31.5 Å². The van der Waals surface area contributed by atoms with Crippen molar-refractivity contribution in [3.63, 3.8) is 0 Å². The van der Waals surface area contributed by atoms with Crippen LogP contribution in [0.3, 0.4) is 0 Å². The summed E-state index contributed by atoms with van der Waals surface area (Å²) in [7, 11) is 0. The van der Waals surface area contributed by atoms with Crippen LogP contribution < -0.4 is 4.74 Å². The van der Waals surface area contributed by atoms with E-state index in [9.17, 15) is 4.79 Å². The minimum atomic E-state index is -0.185. The zero-order valence-corrected chi connectivity index (χ0v) is 17.1. The van der Waals surface area contributed by atoms with Gasteiger partial charge in [-0.15, -0.1) is 0 Å². The number of amidine groups is 1. The van der Waals surface area contributed by atoms with Gasteiger partial charge in [0.25, 0.3) is 5.91 Å². The van der Waals surface area contributed by atoms with Crippen LogP contribution in [0, 0.1) is 11.3 Å². The lowest BCUT2D eigenvalue weighted by molar-refractivity contribution is -0.113. The highest BCUT2D eigenvalue weighted by molar-refractivity contribution is 8.18. The smallest absolute Gasteiger partial charge is 0.286 e. The van der Waals surface area contributed by atoms with E-state index in [2.05, 4.69) is 27.8 Å². The maximum atomic E-state index is 12.4. The second-order valence-corrected chi connectivity index (χ2v) is 7.80. The number of amides is 1. The first-order valence-corrected chi connectivity index (χ1v) is 10.6. The van der Waals surface area contributed by atoms with Gasteiger partial charge in [0, 0.05) is 44.7 Å². The number of para-hydroxylation sites is 1. The van der Waals surface area contributed by atoms with Gasteiger partial charge in [0.15, 0.2) is 5.17 Å². The summed E-state index contributed by atoms with van der Waals surface area (Å²) in [6.45, 7) is 7.06. The number of ether oxygens (including phenoxy) is 1. The monoisotopic (exact) mass is 398 g/mol. The minimum Gasteiger partial charge on any atom is -0.493 e. The summed E-state index contributed by atoms with van der Waals surface area (Å²) < 4.78 is 5.87. The quantitative estimate of drug-likeness (QED) is 0.518. The molecule has 148 valence electrons. The van der Waals surface area contributed by atoms with E-state index in [1.54, 1.807) is 0 Å². The molecule has 1 aromatic rings. The Morgan fingerprint density at radius 2 is 2.07 bits per heavy atom. The summed E-state index contributed by atoms with van der Waals surface area (Å²) in [6.07, 6.45) is 4.53. The molecule has 0 unspecified atom stereocenters. The number of carbonyl (C=O) groups excluding carboxylic acids is 1. The molecule has 0 spiro atoms. The average Bonchev–Trinajstić information content (AvgIpc) is 3.08. The number of benzene rings is 1. The Kier molecular flexibility index (Phi) is 7.52. The van der Waals surface area contributed by atoms with Crippen LogP contribution >= 0.6 is 11.8 Å². The average molecular weight is 399 g/mol. The normalized spacial score (nSPS) is 19.0. The van der Waals surface area contributed by atoms with Crippen LogP contribution in [0.1, 0.15) is 31.7 Å². The van der Waals surface area contributed by atoms with Crippen molar-refractivity contribution in [2.45, 2.75) is 26.2 Å². The summed E-state index contributed by atoms with van der Waals surface area (Å²) in [6, 6.07) is 9.99. The van der Waals surface area contributed by atoms with E-state index in [0.29, 0.717) is 17.9 Å². The number of rotatable bonds is 7. The highest BCUT2D eigenvalue weighted by atomic mass is 32.2. The summed E-state index contributed by atoms with van der Waals surface area (Å²) in [4.78, 5) is 21.8. The number of aliphatic imine (C=N–C) groups is 1. The Balaban J connectivity index is 1.62. The maximum absolute atomic E-state index is 12.4. The van der Waals surface area contributed by atoms with Crippen LogP contribution in [0.2, 0.25) is 0 Å². The van der Waals surface area contributed by atoms with Crippen molar-refractivity contribution in [1.29, 1.82) is 5.26 Å². The Morgan fingerprint density at radius 1 is 1.29 bits per heavy atom. The van der Waals surface area contributed by atoms with E-state index >= 15 is 0 Å². The molecular formula is C21H26N4O2S. The lowest BCUT2D eigenvalue weighted by Gasteiger charge is -2.34. The molecule has 0 radical (unpaired) electrons. The molecule has 2 aliphatic rings. The Hall–Kier alpha value is -2.30. The van der Waals surface area contributed by atoms with Crippen molar-refractivity contribution in [3.05, 3.63) is 34.7 Å². The van der Waals surface area contributed by atoms with Crippen LogP contribution in [-0.4, -0.2) is 60.2 Å². The molecular weight excluding hydrogens is 372 g/mol. The van der Waals surface area contributed by atoms with E-state index in [1.807, 2.05) is 30.3 Å². The zero-order valence-electron chi connectivity index (χ0n) is 16.3. The highest BCUT2D eigenvalue weighted by Crippen LogP contribution is 2.32. The molecule has 0 bridgehead atoms. The topological polar surface area (TPSA) is 68.9 Å². The van der Waals surface area contributed by atoms with Gasteiger partial charge in [0.2, 0.25) is 0 Å². The Bertz CT molecular complexity index is 792. The fraction of sp³-hybridized carbons (Fsp3) is 0.476. The van der Waals surface area contributed by atoms with Crippen LogP contribution in [0.25, 0.3) is 6.08 Å². The molecule has 0 aliphatic carbocycles. The summed E-state index contributed by atoms with van der Waals surface area (Å²) in [5.41, 5.74) is 0.909. The van der Waals surface area contributed by atoms with Crippen LogP contribution in [-0.2, 0) is 4.79 Å². The molecule has 28 heavy (non-hydrogen) atoms. The van der Waals surface area contributed by atoms with Crippen molar-refractivity contribution >= 4 is 28.9 Å².